The maximum Gasteiger partial charge on any atom is 0.134 e. The van der Waals surface area contributed by atoms with Crippen molar-refractivity contribution >= 4 is 16.6 Å². The fourth-order valence-corrected chi connectivity index (χ4v) is 2.28. The first-order valence-corrected chi connectivity index (χ1v) is 6.11. The molecule has 2 heterocycles. The summed E-state index contributed by atoms with van der Waals surface area (Å²) < 4.78 is 5.48. The lowest BCUT2D eigenvalue weighted by Crippen LogP contribution is -2.30. The minimum absolute atomic E-state index is 0.391. The van der Waals surface area contributed by atoms with Crippen molar-refractivity contribution < 1.29 is 4.74 Å². The number of hydrogen-bond acceptors (Lipinski definition) is 3. The molecule has 88 valence electrons. The number of pyridine rings is 1. The quantitative estimate of drug-likeness (QED) is 0.858. The molecule has 1 aromatic carbocycles. The molecule has 1 aliphatic rings. The maximum absolute atomic E-state index is 5.48. The van der Waals surface area contributed by atoms with E-state index in [4.69, 9.17) is 4.74 Å². The van der Waals surface area contributed by atoms with Crippen LogP contribution in [0, 0.1) is 0 Å². The second-order valence-corrected chi connectivity index (χ2v) is 4.44. The zero-order chi connectivity index (χ0) is 11.5. The van der Waals surface area contributed by atoms with Gasteiger partial charge in [-0.3, -0.25) is 0 Å². The van der Waals surface area contributed by atoms with Crippen LogP contribution in [0.1, 0.15) is 12.8 Å². The molecular formula is C14H16N2O. The van der Waals surface area contributed by atoms with Gasteiger partial charge in [0.05, 0.1) is 12.6 Å². The van der Waals surface area contributed by atoms with Crippen LogP contribution in [0.25, 0.3) is 10.8 Å². The van der Waals surface area contributed by atoms with Crippen LogP contribution in [-0.4, -0.2) is 24.2 Å². The summed E-state index contributed by atoms with van der Waals surface area (Å²) in [4.78, 5) is 4.43. The first-order valence-electron chi connectivity index (χ1n) is 6.11. The molecule has 2 aromatic rings. The molecule has 0 spiro atoms. The average Bonchev–Trinajstić information content (AvgIpc) is 2.40. The van der Waals surface area contributed by atoms with Gasteiger partial charge in [0.2, 0.25) is 0 Å². The molecular weight excluding hydrogens is 212 g/mol. The van der Waals surface area contributed by atoms with Gasteiger partial charge in [-0.25, -0.2) is 4.98 Å². The summed E-state index contributed by atoms with van der Waals surface area (Å²) in [5, 5.41) is 5.89. The monoisotopic (exact) mass is 228 g/mol. The fourth-order valence-electron chi connectivity index (χ4n) is 2.28. The maximum atomic E-state index is 5.48. The molecule has 3 nitrogen and oxygen atoms in total. The Labute approximate surface area is 101 Å². The predicted octanol–water partition coefficient (Wildman–Crippen LogP) is 2.83. The van der Waals surface area contributed by atoms with E-state index in [0.717, 1.165) is 31.9 Å². The van der Waals surface area contributed by atoms with E-state index in [1.165, 1.54) is 10.8 Å². The summed E-state index contributed by atoms with van der Waals surface area (Å²) in [5.74, 6) is 0.971. The second kappa shape index (κ2) is 4.72. The predicted molar refractivity (Wildman–Crippen MR) is 69.2 cm³/mol. The minimum Gasteiger partial charge on any atom is -0.379 e. The van der Waals surface area contributed by atoms with Crippen molar-refractivity contribution in [2.45, 2.75) is 18.9 Å². The first kappa shape index (κ1) is 10.5. The van der Waals surface area contributed by atoms with E-state index in [-0.39, 0.29) is 0 Å². The first-order chi connectivity index (χ1) is 8.43. The van der Waals surface area contributed by atoms with Crippen molar-refractivity contribution in [3.05, 3.63) is 36.5 Å². The van der Waals surface area contributed by atoms with Crippen LogP contribution >= 0.6 is 0 Å². The zero-order valence-corrected chi connectivity index (χ0v) is 9.73. The highest BCUT2D eigenvalue weighted by Crippen LogP contribution is 2.22. The van der Waals surface area contributed by atoms with E-state index in [2.05, 4.69) is 28.5 Å². The lowest BCUT2D eigenvalue weighted by atomic mass is 10.1. The summed E-state index contributed by atoms with van der Waals surface area (Å²) in [6.45, 7) is 1.67. The zero-order valence-electron chi connectivity index (χ0n) is 9.73. The van der Waals surface area contributed by atoms with Gasteiger partial charge in [-0.05, 0) is 24.3 Å². The lowest BCUT2D eigenvalue weighted by molar-refractivity contribution is 0.0875. The number of nitrogens with one attached hydrogen (secondary N) is 1. The fraction of sp³-hybridized carbons (Fsp3) is 0.357. The SMILES string of the molecule is c1ccc2c(NC3CCCOC3)nccc2c1. The minimum atomic E-state index is 0.391. The number of rotatable bonds is 2. The van der Waals surface area contributed by atoms with Gasteiger partial charge in [0.1, 0.15) is 5.82 Å². The van der Waals surface area contributed by atoms with Crippen LogP contribution in [0.15, 0.2) is 36.5 Å². The molecule has 0 aliphatic carbocycles. The molecule has 3 rings (SSSR count). The molecule has 1 N–H and O–H groups in total. The number of fused-ring (bicyclic) bond motifs is 1. The van der Waals surface area contributed by atoms with E-state index in [1.54, 1.807) is 0 Å². The second-order valence-electron chi connectivity index (χ2n) is 4.44. The number of anilines is 1. The molecule has 0 radical (unpaired) electrons. The highest BCUT2D eigenvalue weighted by atomic mass is 16.5. The molecule has 1 atom stereocenters. The van der Waals surface area contributed by atoms with Crippen LogP contribution in [0.5, 0.6) is 0 Å². The molecule has 1 unspecified atom stereocenters. The summed E-state index contributed by atoms with van der Waals surface area (Å²) in [5.41, 5.74) is 0. The van der Waals surface area contributed by atoms with Crippen LogP contribution in [0.2, 0.25) is 0 Å². The molecule has 0 bridgehead atoms. The van der Waals surface area contributed by atoms with Crippen LogP contribution < -0.4 is 5.32 Å². The summed E-state index contributed by atoms with van der Waals surface area (Å²) in [6.07, 6.45) is 4.14. The Morgan fingerprint density at radius 1 is 1.24 bits per heavy atom. The number of ether oxygens (including phenoxy) is 1. The number of nitrogens with zero attached hydrogens (tertiary/aromatic N) is 1. The summed E-state index contributed by atoms with van der Waals surface area (Å²) >= 11 is 0. The molecule has 1 aliphatic heterocycles. The van der Waals surface area contributed by atoms with Crippen molar-refractivity contribution in [1.82, 2.24) is 4.98 Å². The van der Waals surface area contributed by atoms with Crippen molar-refractivity contribution in [3.8, 4) is 0 Å². The van der Waals surface area contributed by atoms with Gasteiger partial charge in [-0.15, -0.1) is 0 Å². The normalized spacial score (nSPS) is 20.4. The van der Waals surface area contributed by atoms with Crippen LogP contribution in [0.3, 0.4) is 0 Å². The Morgan fingerprint density at radius 3 is 3.06 bits per heavy atom. The van der Waals surface area contributed by atoms with Crippen molar-refractivity contribution in [1.29, 1.82) is 0 Å². The van der Waals surface area contributed by atoms with Gasteiger partial charge < -0.3 is 10.1 Å². The third-order valence-corrected chi connectivity index (χ3v) is 3.17. The van der Waals surface area contributed by atoms with E-state index in [1.807, 2.05) is 18.3 Å². The third kappa shape index (κ3) is 2.24. The Bertz CT molecular complexity index is 501. The van der Waals surface area contributed by atoms with E-state index in [0.29, 0.717) is 6.04 Å². The average molecular weight is 228 g/mol. The van der Waals surface area contributed by atoms with Crippen molar-refractivity contribution in [3.63, 3.8) is 0 Å². The highest BCUT2D eigenvalue weighted by Gasteiger charge is 2.14. The molecule has 3 heteroatoms. The van der Waals surface area contributed by atoms with Gasteiger partial charge in [0, 0.05) is 18.2 Å². The van der Waals surface area contributed by atoms with E-state index >= 15 is 0 Å². The summed E-state index contributed by atoms with van der Waals surface area (Å²) in [6, 6.07) is 10.7. The van der Waals surface area contributed by atoms with E-state index < -0.39 is 0 Å². The van der Waals surface area contributed by atoms with Gasteiger partial charge >= 0.3 is 0 Å². The Balaban J connectivity index is 1.89. The third-order valence-electron chi connectivity index (χ3n) is 3.17. The molecule has 0 saturated carbocycles. The van der Waals surface area contributed by atoms with Crippen LogP contribution in [-0.2, 0) is 4.74 Å². The van der Waals surface area contributed by atoms with Gasteiger partial charge in [0.15, 0.2) is 0 Å². The largest absolute Gasteiger partial charge is 0.379 e. The number of aromatic nitrogens is 1. The Kier molecular flexibility index (Phi) is 2.92. The molecule has 17 heavy (non-hydrogen) atoms. The smallest absolute Gasteiger partial charge is 0.134 e. The lowest BCUT2D eigenvalue weighted by Gasteiger charge is -2.24. The molecule has 0 amide bonds. The van der Waals surface area contributed by atoms with Gasteiger partial charge in [-0.2, -0.15) is 0 Å². The number of hydrogen-bond donors (Lipinski definition) is 1. The highest BCUT2D eigenvalue weighted by molar-refractivity contribution is 5.91. The van der Waals surface area contributed by atoms with Crippen molar-refractivity contribution in [2.75, 3.05) is 18.5 Å². The molecule has 1 saturated heterocycles. The van der Waals surface area contributed by atoms with E-state index in [9.17, 15) is 0 Å². The van der Waals surface area contributed by atoms with Gasteiger partial charge in [0.25, 0.3) is 0 Å². The van der Waals surface area contributed by atoms with Crippen LogP contribution in [0.4, 0.5) is 5.82 Å². The topological polar surface area (TPSA) is 34.1 Å². The summed E-state index contributed by atoms with van der Waals surface area (Å²) in [7, 11) is 0. The standard InChI is InChI=1S/C14H16N2O/c1-2-6-13-11(4-1)7-8-15-14(13)16-12-5-3-9-17-10-12/h1-2,4,6-8,12H,3,5,9-10H2,(H,15,16). The number of benzene rings is 1. The van der Waals surface area contributed by atoms with Crippen molar-refractivity contribution in [2.24, 2.45) is 0 Å². The molecule has 1 aromatic heterocycles. The Hall–Kier alpha value is -1.61. The van der Waals surface area contributed by atoms with Gasteiger partial charge in [-0.1, -0.05) is 24.3 Å². The Morgan fingerprint density at radius 2 is 2.18 bits per heavy atom. The molecule has 1 fully saturated rings.